The molecule has 1 aromatic carbocycles. The maximum absolute atomic E-state index is 12.8. The molecule has 3 heterocycles. The Bertz CT molecular complexity index is 1110. The molecule has 1 fully saturated rings. The van der Waals surface area contributed by atoms with Crippen LogP contribution in [0.3, 0.4) is 0 Å². The van der Waals surface area contributed by atoms with Crippen LogP contribution in [-0.4, -0.2) is 52.5 Å². The number of anilines is 1. The summed E-state index contributed by atoms with van der Waals surface area (Å²) in [5.74, 6) is 0.552. The number of aromatic nitrogens is 2. The van der Waals surface area contributed by atoms with E-state index in [0.717, 1.165) is 53.9 Å². The molecule has 1 saturated heterocycles. The molecule has 1 unspecified atom stereocenters. The van der Waals surface area contributed by atoms with Gasteiger partial charge in [-0.1, -0.05) is 12.1 Å². The Kier molecular flexibility index (Phi) is 6.73. The van der Waals surface area contributed by atoms with Crippen molar-refractivity contribution >= 4 is 33.9 Å². The standard InChI is InChI=1S/C22H23N5O2S2/c1-14(27-6-8-29-9-7-27)10-20-24-22(31-26-20)25-21(28)18-12-19(30-15(18)2)17-5-3-4-16(11-17)13-23/h3-5,11-12,14H,6-10H2,1-2H3,(H,24,25,26,28). The Hall–Kier alpha value is -2.64. The lowest BCUT2D eigenvalue weighted by molar-refractivity contribution is 0.0200. The zero-order chi connectivity index (χ0) is 21.8. The van der Waals surface area contributed by atoms with E-state index >= 15 is 0 Å². The first-order chi connectivity index (χ1) is 15.0. The number of nitriles is 1. The topological polar surface area (TPSA) is 91.1 Å². The van der Waals surface area contributed by atoms with Crippen molar-refractivity contribution in [3.63, 3.8) is 0 Å². The highest BCUT2D eigenvalue weighted by Crippen LogP contribution is 2.32. The number of rotatable bonds is 6. The SMILES string of the molecule is Cc1sc(-c2cccc(C#N)c2)cc1C(=O)Nc1nc(CC(C)N2CCOCC2)ns1. The molecule has 0 spiro atoms. The summed E-state index contributed by atoms with van der Waals surface area (Å²) >= 11 is 2.74. The molecular weight excluding hydrogens is 430 g/mol. The number of amides is 1. The molecule has 0 saturated carbocycles. The highest BCUT2D eigenvalue weighted by molar-refractivity contribution is 7.15. The van der Waals surface area contributed by atoms with Gasteiger partial charge >= 0.3 is 0 Å². The number of carbonyl (C=O) groups excluding carboxylic acids is 1. The first-order valence-corrected chi connectivity index (χ1v) is 11.7. The van der Waals surface area contributed by atoms with E-state index in [9.17, 15) is 4.79 Å². The molecule has 3 aromatic rings. The number of nitrogens with one attached hydrogen (secondary N) is 1. The lowest BCUT2D eigenvalue weighted by atomic mass is 10.1. The fourth-order valence-electron chi connectivity index (χ4n) is 3.56. The van der Waals surface area contributed by atoms with Crippen molar-refractivity contribution in [2.45, 2.75) is 26.3 Å². The number of carbonyl (C=O) groups is 1. The van der Waals surface area contributed by atoms with Gasteiger partial charge in [-0.3, -0.25) is 15.0 Å². The number of thiophene rings is 1. The van der Waals surface area contributed by atoms with E-state index in [1.54, 1.807) is 6.07 Å². The van der Waals surface area contributed by atoms with Gasteiger partial charge < -0.3 is 4.74 Å². The summed E-state index contributed by atoms with van der Waals surface area (Å²) in [5.41, 5.74) is 2.14. The minimum Gasteiger partial charge on any atom is -0.379 e. The lowest BCUT2D eigenvalue weighted by Crippen LogP contribution is -2.43. The Labute approximate surface area is 189 Å². The third-order valence-electron chi connectivity index (χ3n) is 5.27. The van der Waals surface area contributed by atoms with Crippen LogP contribution < -0.4 is 5.32 Å². The van der Waals surface area contributed by atoms with Crippen molar-refractivity contribution in [2.24, 2.45) is 0 Å². The van der Waals surface area contributed by atoms with Crippen LogP contribution in [0.15, 0.2) is 30.3 Å². The fourth-order valence-corrected chi connectivity index (χ4v) is 5.16. The van der Waals surface area contributed by atoms with Crippen molar-refractivity contribution < 1.29 is 9.53 Å². The smallest absolute Gasteiger partial charge is 0.258 e. The van der Waals surface area contributed by atoms with Crippen LogP contribution >= 0.6 is 22.9 Å². The Morgan fingerprint density at radius 1 is 1.35 bits per heavy atom. The van der Waals surface area contributed by atoms with Gasteiger partial charge in [-0.2, -0.15) is 9.64 Å². The number of aryl methyl sites for hydroxylation is 1. The molecule has 1 aliphatic rings. The molecular formula is C22H23N5O2S2. The summed E-state index contributed by atoms with van der Waals surface area (Å²) in [6.07, 6.45) is 0.739. The summed E-state index contributed by atoms with van der Waals surface area (Å²) < 4.78 is 9.83. The van der Waals surface area contributed by atoms with Gasteiger partial charge in [-0.25, -0.2) is 4.98 Å². The Balaban J connectivity index is 1.42. The fraction of sp³-hybridized carbons (Fsp3) is 0.364. The number of hydrogen-bond acceptors (Lipinski definition) is 8. The highest BCUT2D eigenvalue weighted by Gasteiger charge is 2.20. The monoisotopic (exact) mass is 453 g/mol. The third-order valence-corrected chi connectivity index (χ3v) is 7.04. The lowest BCUT2D eigenvalue weighted by Gasteiger charge is -2.31. The van der Waals surface area contributed by atoms with Gasteiger partial charge in [-0.05, 0) is 37.6 Å². The first kappa shape index (κ1) is 21.6. The molecule has 4 rings (SSSR count). The second-order valence-electron chi connectivity index (χ2n) is 7.44. The van der Waals surface area contributed by atoms with E-state index in [-0.39, 0.29) is 5.91 Å². The zero-order valence-corrected chi connectivity index (χ0v) is 19.1. The summed E-state index contributed by atoms with van der Waals surface area (Å²) in [5, 5.41) is 12.5. The normalized spacial score (nSPS) is 15.4. The van der Waals surface area contributed by atoms with E-state index in [0.29, 0.717) is 22.3 Å². The van der Waals surface area contributed by atoms with Gasteiger partial charge in [0.05, 0.1) is 30.4 Å². The molecule has 0 radical (unpaired) electrons. The quantitative estimate of drug-likeness (QED) is 0.607. The molecule has 160 valence electrons. The van der Waals surface area contributed by atoms with Crippen LogP contribution in [0.25, 0.3) is 10.4 Å². The van der Waals surface area contributed by atoms with E-state index in [1.807, 2.05) is 31.2 Å². The number of hydrogen-bond donors (Lipinski definition) is 1. The molecule has 1 N–H and O–H groups in total. The average molecular weight is 454 g/mol. The van der Waals surface area contributed by atoms with Crippen molar-refractivity contribution in [3.05, 3.63) is 52.2 Å². The number of ether oxygens (including phenoxy) is 1. The van der Waals surface area contributed by atoms with Crippen LogP contribution in [0.1, 0.15) is 33.5 Å². The van der Waals surface area contributed by atoms with Crippen LogP contribution in [0.2, 0.25) is 0 Å². The minimum absolute atomic E-state index is 0.194. The van der Waals surface area contributed by atoms with Crippen molar-refractivity contribution in [2.75, 3.05) is 31.6 Å². The predicted molar refractivity (Wildman–Crippen MR) is 123 cm³/mol. The summed E-state index contributed by atoms with van der Waals surface area (Å²) in [7, 11) is 0. The number of benzene rings is 1. The van der Waals surface area contributed by atoms with Gasteiger partial charge in [0.25, 0.3) is 5.91 Å². The number of morpholine rings is 1. The molecule has 31 heavy (non-hydrogen) atoms. The van der Waals surface area contributed by atoms with Crippen LogP contribution in [0.5, 0.6) is 0 Å². The predicted octanol–water partition coefficient (Wildman–Crippen LogP) is 3.96. The van der Waals surface area contributed by atoms with Crippen LogP contribution in [0, 0.1) is 18.3 Å². The van der Waals surface area contributed by atoms with Gasteiger partial charge in [0.15, 0.2) is 0 Å². The minimum atomic E-state index is -0.194. The molecule has 1 atom stereocenters. The van der Waals surface area contributed by atoms with E-state index in [4.69, 9.17) is 10.00 Å². The van der Waals surface area contributed by atoms with E-state index < -0.39 is 0 Å². The van der Waals surface area contributed by atoms with E-state index in [2.05, 4.69) is 32.6 Å². The van der Waals surface area contributed by atoms with Gasteiger partial charge in [-0.15, -0.1) is 11.3 Å². The van der Waals surface area contributed by atoms with Gasteiger partial charge in [0.1, 0.15) is 5.82 Å². The molecule has 1 aliphatic heterocycles. The van der Waals surface area contributed by atoms with Crippen molar-refractivity contribution in [1.82, 2.24) is 14.3 Å². The summed E-state index contributed by atoms with van der Waals surface area (Å²) in [6, 6.07) is 11.7. The molecule has 0 bridgehead atoms. The molecule has 9 heteroatoms. The summed E-state index contributed by atoms with van der Waals surface area (Å²) in [4.78, 5) is 21.6. The second kappa shape index (κ2) is 9.66. The molecule has 7 nitrogen and oxygen atoms in total. The van der Waals surface area contributed by atoms with Gasteiger partial charge in [0, 0.05) is 46.8 Å². The highest BCUT2D eigenvalue weighted by atomic mass is 32.1. The second-order valence-corrected chi connectivity index (χ2v) is 9.45. The van der Waals surface area contributed by atoms with Crippen molar-refractivity contribution in [3.8, 4) is 16.5 Å². The molecule has 1 amide bonds. The zero-order valence-electron chi connectivity index (χ0n) is 17.4. The van der Waals surface area contributed by atoms with Gasteiger partial charge in [0.2, 0.25) is 5.13 Å². The molecule has 0 aliphatic carbocycles. The average Bonchev–Trinajstić information content (AvgIpc) is 3.40. The van der Waals surface area contributed by atoms with Crippen molar-refractivity contribution in [1.29, 1.82) is 5.26 Å². The first-order valence-electron chi connectivity index (χ1n) is 10.1. The maximum atomic E-state index is 12.8. The Morgan fingerprint density at radius 2 is 2.16 bits per heavy atom. The van der Waals surface area contributed by atoms with Crippen LogP contribution in [0.4, 0.5) is 5.13 Å². The van der Waals surface area contributed by atoms with E-state index in [1.165, 1.54) is 22.9 Å². The maximum Gasteiger partial charge on any atom is 0.258 e. The van der Waals surface area contributed by atoms with Crippen LogP contribution in [-0.2, 0) is 11.2 Å². The number of nitrogens with zero attached hydrogens (tertiary/aromatic N) is 4. The molecule has 2 aromatic heterocycles. The Morgan fingerprint density at radius 3 is 2.94 bits per heavy atom. The summed E-state index contributed by atoms with van der Waals surface area (Å²) in [6.45, 7) is 7.46. The largest absolute Gasteiger partial charge is 0.379 e. The third kappa shape index (κ3) is 5.17.